The molecular formula is C20H42O4. The zero-order chi connectivity index (χ0) is 18.7. The van der Waals surface area contributed by atoms with Crippen molar-refractivity contribution in [2.24, 2.45) is 16.2 Å². The van der Waals surface area contributed by atoms with E-state index in [0.717, 1.165) is 6.61 Å². The first-order valence-electron chi connectivity index (χ1n) is 8.43. The smallest absolute Gasteiger partial charge is 0.311 e. The van der Waals surface area contributed by atoms with Gasteiger partial charge in [-0.15, -0.1) is 0 Å². The van der Waals surface area contributed by atoms with E-state index in [-0.39, 0.29) is 41.5 Å². The van der Waals surface area contributed by atoms with Gasteiger partial charge in [0, 0.05) is 0 Å². The van der Waals surface area contributed by atoms with Gasteiger partial charge in [0.2, 0.25) is 0 Å². The van der Waals surface area contributed by atoms with Crippen LogP contribution in [0.25, 0.3) is 0 Å². The molecule has 0 amide bonds. The van der Waals surface area contributed by atoms with E-state index in [2.05, 4.69) is 20.8 Å². The van der Waals surface area contributed by atoms with Crippen LogP contribution in [0.4, 0.5) is 0 Å². The highest BCUT2D eigenvalue weighted by molar-refractivity contribution is 5.75. The van der Waals surface area contributed by atoms with E-state index in [9.17, 15) is 4.79 Å². The van der Waals surface area contributed by atoms with Crippen molar-refractivity contribution in [2.75, 3.05) is 13.2 Å². The summed E-state index contributed by atoms with van der Waals surface area (Å²) in [6.45, 7) is 23.3. The van der Waals surface area contributed by atoms with Gasteiger partial charge in [0.15, 0.2) is 5.79 Å². The normalized spacial score (nSPS) is 20.5. The standard InChI is InChI=1S/C10H20O2.C9H18O2.CH4/c1-9(2,3)7-12-8(11)10(4,5)6;1-8(2,3)7-6-10-9(4,5)11-7;/h7H2,1-6H3;7H,6H2,1-5H3;1H4. The van der Waals surface area contributed by atoms with Crippen molar-refractivity contribution in [3.8, 4) is 0 Å². The Morgan fingerprint density at radius 2 is 1.50 bits per heavy atom. The molecule has 0 aromatic carbocycles. The maximum Gasteiger partial charge on any atom is 0.311 e. The lowest BCUT2D eigenvalue weighted by Crippen LogP contribution is -2.30. The molecule has 0 aromatic heterocycles. The monoisotopic (exact) mass is 346 g/mol. The highest BCUT2D eigenvalue weighted by atomic mass is 16.7. The van der Waals surface area contributed by atoms with Crippen LogP contribution < -0.4 is 0 Å². The zero-order valence-electron chi connectivity index (χ0n) is 17.1. The fourth-order valence-corrected chi connectivity index (χ4v) is 1.61. The van der Waals surface area contributed by atoms with Crippen LogP contribution in [0.2, 0.25) is 0 Å². The van der Waals surface area contributed by atoms with Crippen molar-refractivity contribution in [3.63, 3.8) is 0 Å². The SMILES string of the molecule is C.CC(C)(C)COC(=O)C(C)(C)C.CC1(C)OCC(C(C)(C)C)O1. The van der Waals surface area contributed by atoms with Gasteiger partial charge in [0.05, 0.1) is 24.7 Å². The third-order valence-electron chi connectivity index (χ3n) is 3.22. The molecule has 0 radical (unpaired) electrons. The summed E-state index contributed by atoms with van der Waals surface area (Å²) < 4.78 is 16.3. The Morgan fingerprint density at radius 3 is 1.71 bits per heavy atom. The lowest BCUT2D eigenvalue weighted by molar-refractivity contribution is -0.155. The quantitative estimate of drug-likeness (QED) is 0.593. The fraction of sp³-hybridized carbons (Fsp3) is 0.950. The van der Waals surface area contributed by atoms with Crippen LogP contribution in [0.15, 0.2) is 0 Å². The van der Waals surface area contributed by atoms with Gasteiger partial charge in [0.1, 0.15) is 0 Å². The minimum Gasteiger partial charge on any atom is -0.465 e. The summed E-state index contributed by atoms with van der Waals surface area (Å²) in [5, 5.41) is 0. The molecule has 1 heterocycles. The Bertz CT molecular complexity index is 378. The number of ether oxygens (including phenoxy) is 3. The molecule has 1 atom stereocenters. The predicted molar refractivity (Wildman–Crippen MR) is 101 cm³/mol. The number of hydrogen-bond donors (Lipinski definition) is 0. The molecule has 146 valence electrons. The van der Waals surface area contributed by atoms with E-state index in [1.807, 2.05) is 55.4 Å². The lowest BCUT2D eigenvalue weighted by Gasteiger charge is -2.26. The molecule has 24 heavy (non-hydrogen) atoms. The summed E-state index contributed by atoms with van der Waals surface area (Å²) in [5.74, 6) is -0.504. The molecule has 4 nitrogen and oxygen atoms in total. The van der Waals surface area contributed by atoms with Gasteiger partial charge >= 0.3 is 5.97 Å². The average molecular weight is 347 g/mol. The molecule has 0 aliphatic carbocycles. The molecule has 1 aliphatic heterocycles. The molecule has 4 heteroatoms. The first-order valence-corrected chi connectivity index (χ1v) is 8.43. The van der Waals surface area contributed by atoms with Crippen molar-refractivity contribution < 1.29 is 19.0 Å². The maximum atomic E-state index is 11.3. The van der Waals surface area contributed by atoms with Gasteiger partial charge in [-0.3, -0.25) is 4.79 Å². The maximum absolute atomic E-state index is 11.3. The molecule has 1 unspecified atom stereocenters. The van der Waals surface area contributed by atoms with E-state index in [0.29, 0.717) is 6.61 Å². The van der Waals surface area contributed by atoms with Crippen LogP contribution >= 0.6 is 0 Å². The number of hydrogen-bond acceptors (Lipinski definition) is 4. The Balaban J connectivity index is 0. The molecule has 0 N–H and O–H groups in total. The number of carbonyl (C=O) groups excluding carboxylic acids is 1. The Hall–Kier alpha value is -0.610. The highest BCUT2D eigenvalue weighted by Crippen LogP contribution is 2.33. The molecule has 0 bridgehead atoms. The second-order valence-electron chi connectivity index (χ2n) is 10.1. The van der Waals surface area contributed by atoms with Gasteiger partial charge in [-0.05, 0) is 45.4 Å². The average Bonchev–Trinajstić information content (AvgIpc) is 2.65. The largest absolute Gasteiger partial charge is 0.465 e. The third kappa shape index (κ3) is 11.0. The summed E-state index contributed by atoms with van der Waals surface area (Å²) in [4.78, 5) is 11.3. The third-order valence-corrected chi connectivity index (χ3v) is 3.22. The molecule has 1 saturated heterocycles. The van der Waals surface area contributed by atoms with Crippen LogP contribution in [0.5, 0.6) is 0 Å². The molecule has 0 saturated carbocycles. The molecule has 0 aromatic rings. The second kappa shape index (κ2) is 8.66. The highest BCUT2D eigenvalue weighted by Gasteiger charge is 2.39. The van der Waals surface area contributed by atoms with Crippen molar-refractivity contribution >= 4 is 5.97 Å². The molecule has 1 rings (SSSR count). The van der Waals surface area contributed by atoms with E-state index in [1.165, 1.54) is 0 Å². The van der Waals surface area contributed by atoms with Crippen molar-refractivity contribution in [3.05, 3.63) is 0 Å². The summed E-state index contributed by atoms with van der Waals surface area (Å²) in [7, 11) is 0. The van der Waals surface area contributed by atoms with Gasteiger partial charge in [-0.1, -0.05) is 49.0 Å². The number of rotatable bonds is 1. The summed E-state index contributed by atoms with van der Waals surface area (Å²) in [5.41, 5.74) is -0.139. The van der Waals surface area contributed by atoms with E-state index in [4.69, 9.17) is 14.2 Å². The van der Waals surface area contributed by atoms with E-state index >= 15 is 0 Å². The molecule has 0 spiro atoms. The number of esters is 1. The van der Waals surface area contributed by atoms with Crippen LogP contribution in [-0.4, -0.2) is 31.1 Å². The van der Waals surface area contributed by atoms with Crippen molar-refractivity contribution in [1.29, 1.82) is 0 Å². The van der Waals surface area contributed by atoms with Crippen LogP contribution in [0.1, 0.15) is 83.6 Å². The topological polar surface area (TPSA) is 44.8 Å². The number of carbonyl (C=O) groups is 1. The molecule has 1 fully saturated rings. The van der Waals surface area contributed by atoms with Crippen LogP contribution in [-0.2, 0) is 19.0 Å². The Labute approximate surface area is 150 Å². The van der Waals surface area contributed by atoms with Crippen LogP contribution in [0.3, 0.4) is 0 Å². The minimum absolute atomic E-state index is 0. The van der Waals surface area contributed by atoms with E-state index < -0.39 is 0 Å². The van der Waals surface area contributed by atoms with Crippen molar-refractivity contribution in [1.82, 2.24) is 0 Å². The fourth-order valence-electron chi connectivity index (χ4n) is 1.61. The lowest BCUT2D eigenvalue weighted by atomic mass is 9.90. The first-order chi connectivity index (χ1) is 9.94. The van der Waals surface area contributed by atoms with Gasteiger partial charge in [-0.2, -0.15) is 0 Å². The predicted octanol–water partition coefficient (Wildman–Crippen LogP) is 5.44. The van der Waals surface area contributed by atoms with Crippen molar-refractivity contribution in [2.45, 2.75) is 95.5 Å². The summed E-state index contributed by atoms with van der Waals surface area (Å²) in [6, 6.07) is 0. The Morgan fingerprint density at radius 1 is 1.04 bits per heavy atom. The molecule has 1 aliphatic rings. The summed E-state index contributed by atoms with van der Waals surface area (Å²) in [6.07, 6.45) is 0.234. The first kappa shape index (κ1) is 25.6. The van der Waals surface area contributed by atoms with Gasteiger partial charge < -0.3 is 14.2 Å². The Kier molecular flexibility index (Phi) is 9.25. The zero-order valence-corrected chi connectivity index (χ0v) is 17.1. The van der Waals surface area contributed by atoms with Crippen LogP contribution in [0, 0.1) is 16.2 Å². The van der Waals surface area contributed by atoms with Gasteiger partial charge in [-0.25, -0.2) is 0 Å². The van der Waals surface area contributed by atoms with E-state index in [1.54, 1.807) is 0 Å². The second-order valence-corrected chi connectivity index (χ2v) is 10.1. The minimum atomic E-state index is -0.384. The molecular weight excluding hydrogens is 304 g/mol. The van der Waals surface area contributed by atoms with Gasteiger partial charge in [0.25, 0.3) is 0 Å². The summed E-state index contributed by atoms with van der Waals surface area (Å²) >= 11 is 0.